The summed E-state index contributed by atoms with van der Waals surface area (Å²) in [6, 6.07) is 2.42. The maximum atomic E-state index is 14.5. The number of nitrogens with zero attached hydrogens (tertiary/aromatic N) is 1. The molecule has 0 saturated heterocycles. The van der Waals surface area contributed by atoms with Crippen molar-refractivity contribution in [1.29, 1.82) is 0 Å². The number of hydrogen-bond acceptors (Lipinski definition) is 6. The van der Waals surface area contributed by atoms with E-state index >= 15 is 0 Å². The lowest BCUT2D eigenvalue weighted by Crippen LogP contribution is -2.24. The Morgan fingerprint density at radius 3 is 2.70 bits per heavy atom. The molecule has 0 unspecified atom stereocenters. The normalized spacial score (nSPS) is 19.2. The van der Waals surface area contributed by atoms with Gasteiger partial charge in [0.2, 0.25) is 0 Å². The molecule has 2 atom stereocenters. The van der Waals surface area contributed by atoms with Crippen LogP contribution in [0.25, 0.3) is 0 Å². The van der Waals surface area contributed by atoms with Crippen LogP contribution in [0.3, 0.4) is 0 Å². The Hall–Kier alpha value is -1.49. The fourth-order valence-corrected chi connectivity index (χ4v) is 5.86. The zero-order valence-corrected chi connectivity index (χ0v) is 18.7. The van der Waals surface area contributed by atoms with Crippen molar-refractivity contribution in [3.63, 3.8) is 0 Å². The Morgan fingerprint density at radius 2 is 2.03 bits per heavy atom. The van der Waals surface area contributed by atoms with E-state index in [0.717, 1.165) is 50.4 Å². The van der Waals surface area contributed by atoms with E-state index in [4.69, 9.17) is 17.3 Å². The summed E-state index contributed by atoms with van der Waals surface area (Å²) < 4.78 is 54.2. The molecule has 1 saturated carbocycles. The smallest absolute Gasteiger partial charge is 0.266 e. The van der Waals surface area contributed by atoms with Gasteiger partial charge in [-0.2, -0.15) is 4.39 Å². The zero-order chi connectivity index (χ0) is 21.7. The van der Waals surface area contributed by atoms with E-state index in [1.807, 2.05) is 4.72 Å². The maximum Gasteiger partial charge on any atom is 0.266 e. The minimum absolute atomic E-state index is 0.0824. The average molecular weight is 479 g/mol. The number of aromatic nitrogens is 1. The van der Waals surface area contributed by atoms with Gasteiger partial charge in [-0.1, -0.05) is 42.2 Å². The molecule has 1 heterocycles. The summed E-state index contributed by atoms with van der Waals surface area (Å²) in [4.78, 5) is 2.95. The number of thiazole rings is 1. The number of sulfonamides is 1. The van der Waals surface area contributed by atoms with Gasteiger partial charge in [0.05, 0.1) is 16.9 Å². The van der Waals surface area contributed by atoms with Crippen molar-refractivity contribution in [2.75, 3.05) is 16.6 Å². The highest BCUT2D eigenvalue weighted by atomic mass is 35.5. The van der Waals surface area contributed by atoms with Crippen LogP contribution in [-0.2, 0) is 10.0 Å². The maximum absolute atomic E-state index is 14.5. The summed E-state index contributed by atoms with van der Waals surface area (Å²) in [7, 11) is -4.28. The highest BCUT2D eigenvalue weighted by Crippen LogP contribution is 2.31. The van der Waals surface area contributed by atoms with Gasteiger partial charge in [0.15, 0.2) is 10.3 Å². The van der Waals surface area contributed by atoms with Crippen LogP contribution >= 0.6 is 22.9 Å². The predicted molar refractivity (Wildman–Crippen MR) is 117 cm³/mol. The van der Waals surface area contributed by atoms with Crippen LogP contribution in [0, 0.1) is 16.9 Å². The van der Waals surface area contributed by atoms with Crippen molar-refractivity contribution in [3.05, 3.63) is 34.3 Å². The third kappa shape index (κ3) is 6.03. The average Bonchev–Trinajstić information content (AvgIpc) is 3.27. The molecule has 0 aliphatic heterocycles. The number of benzene rings is 1. The molecule has 1 aromatic carbocycles. The Morgan fingerprint density at radius 1 is 1.23 bits per heavy atom. The molecule has 1 fully saturated rings. The fraction of sp³-hybridized carbons (Fsp3) is 0.526. The van der Waals surface area contributed by atoms with Gasteiger partial charge in [-0.3, -0.25) is 4.72 Å². The van der Waals surface area contributed by atoms with E-state index in [9.17, 15) is 17.2 Å². The standard InChI is InChI=1S/C19H25ClF2N4O2S2/c20-13-9-17(30(27,28)26-19-25-11-18(22)29-19)14(21)10-16(13)24-8-3-1-2-5-12-6-4-7-15(12)23/h9-12,15,24H,1-8,23H2,(H,25,26)/t12-,15+/m1/s1. The van der Waals surface area contributed by atoms with Gasteiger partial charge in [0, 0.05) is 12.6 Å². The molecular formula is C19H25ClF2N4O2S2. The first-order valence-corrected chi connectivity index (χ1v) is 12.6. The van der Waals surface area contributed by atoms with Crippen LogP contribution in [-0.4, -0.2) is 26.0 Å². The number of unbranched alkanes of at least 4 members (excludes halogenated alkanes) is 2. The first kappa shape index (κ1) is 23.2. The van der Waals surface area contributed by atoms with Crippen molar-refractivity contribution < 1.29 is 17.2 Å². The summed E-state index contributed by atoms with van der Waals surface area (Å²) in [5.41, 5.74) is 6.41. The minimum atomic E-state index is -4.28. The van der Waals surface area contributed by atoms with Gasteiger partial charge >= 0.3 is 0 Å². The van der Waals surface area contributed by atoms with Gasteiger partial charge in [-0.15, -0.1) is 0 Å². The van der Waals surface area contributed by atoms with Gasteiger partial charge in [-0.05, 0) is 43.7 Å². The third-order valence-corrected chi connectivity index (χ3v) is 7.79. The van der Waals surface area contributed by atoms with Crippen molar-refractivity contribution in [2.45, 2.75) is 55.9 Å². The Bertz CT molecular complexity index is 971. The second-order valence-electron chi connectivity index (χ2n) is 7.47. The van der Waals surface area contributed by atoms with Crippen LogP contribution in [0.1, 0.15) is 44.9 Å². The molecule has 1 aliphatic rings. The van der Waals surface area contributed by atoms with Gasteiger partial charge in [-0.25, -0.2) is 17.8 Å². The van der Waals surface area contributed by atoms with E-state index in [1.54, 1.807) is 0 Å². The van der Waals surface area contributed by atoms with Crippen molar-refractivity contribution in [2.24, 2.45) is 11.7 Å². The summed E-state index contributed by atoms with van der Waals surface area (Å²) in [6.07, 6.45) is 8.59. The van der Waals surface area contributed by atoms with E-state index in [-0.39, 0.29) is 10.2 Å². The quantitative estimate of drug-likeness (QED) is 0.418. The SMILES string of the molecule is N[C@H]1CCC[C@H]1CCCCCNc1cc(F)c(S(=O)(=O)Nc2ncc(F)s2)cc1Cl. The molecule has 166 valence electrons. The second-order valence-corrected chi connectivity index (χ2v) is 10.5. The molecule has 2 aromatic rings. The predicted octanol–water partition coefficient (Wildman–Crippen LogP) is 4.98. The van der Waals surface area contributed by atoms with Crippen molar-refractivity contribution in [1.82, 2.24) is 4.98 Å². The Kier molecular flexibility index (Phi) is 7.89. The fourth-order valence-electron chi connectivity index (χ4n) is 3.70. The first-order valence-electron chi connectivity index (χ1n) is 9.89. The Balaban J connectivity index is 1.51. The number of anilines is 2. The molecule has 3 rings (SSSR count). The monoisotopic (exact) mass is 478 g/mol. The molecule has 1 aliphatic carbocycles. The molecule has 11 heteroatoms. The minimum Gasteiger partial charge on any atom is -0.384 e. The van der Waals surface area contributed by atoms with Crippen LogP contribution in [0.5, 0.6) is 0 Å². The highest BCUT2D eigenvalue weighted by molar-refractivity contribution is 7.93. The molecule has 4 N–H and O–H groups in total. The van der Waals surface area contributed by atoms with Crippen LogP contribution in [0.15, 0.2) is 23.2 Å². The van der Waals surface area contributed by atoms with Gasteiger partial charge < -0.3 is 11.1 Å². The van der Waals surface area contributed by atoms with E-state index < -0.39 is 25.9 Å². The number of hydrogen-bond donors (Lipinski definition) is 3. The van der Waals surface area contributed by atoms with E-state index in [1.165, 1.54) is 12.8 Å². The van der Waals surface area contributed by atoms with Crippen LogP contribution < -0.4 is 15.8 Å². The lowest BCUT2D eigenvalue weighted by Gasteiger charge is -2.15. The second kappa shape index (κ2) is 10.2. The molecule has 0 radical (unpaired) electrons. The summed E-state index contributed by atoms with van der Waals surface area (Å²) in [5.74, 6) is -0.327. The van der Waals surface area contributed by atoms with E-state index in [2.05, 4.69) is 10.3 Å². The highest BCUT2D eigenvalue weighted by Gasteiger charge is 2.24. The molecule has 0 amide bonds. The molecule has 0 bridgehead atoms. The zero-order valence-electron chi connectivity index (χ0n) is 16.3. The summed E-state index contributed by atoms with van der Waals surface area (Å²) in [6.45, 7) is 0.596. The molecule has 1 aromatic heterocycles. The van der Waals surface area contributed by atoms with Crippen molar-refractivity contribution in [3.8, 4) is 0 Å². The molecule has 6 nitrogen and oxygen atoms in total. The van der Waals surface area contributed by atoms with Crippen LogP contribution in [0.2, 0.25) is 5.02 Å². The topological polar surface area (TPSA) is 97.1 Å². The number of rotatable bonds is 10. The number of halogens is 3. The van der Waals surface area contributed by atoms with Crippen molar-refractivity contribution >= 4 is 43.8 Å². The number of nitrogens with one attached hydrogen (secondary N) is 2. The Labute approximate surface area is 184 Å². The van der Waals surface area contributed by atoms with Gasteiger partial charge in [0.25, 0.3) is 10.0 Å². The first-order chi connectivity index (χ1) is 14.3. The lowest BCUT2D eigenvalue weighted by atomic mass is 9.97. The largest absolute Gasteiger partial charge is 0.384 e. The molecule has 0 spiro atoms. The van der Waals surface area contributed by atoms with E-state index in [0.29, 0.717) is 35.5 Å². The summed E-state index contributed by atoms with van der Waals surface area (Å²) in [5, 5.41) is 2.29. The third-order valence-electron chi connectivity index (χ3n) is 5.30. The molecular weight excluding hydrogens is 454 g/mol. The lowest BCUT2D eigenvalue weighted by molar-refractivity contribution is 0.424. The molecule has 30 heavy (non-hydrogen) atoms. The summed E-state index contributed by atoms with van der Waals surface area (Å²) >= 11 is 6.65. The van der Waals surface area contributed by atoms with Gasteiger partial charge in [0.1, 0.15) is 10.7 Å². The number of nitrogens with two attached hydrogens (primary N) is 1. The van der Waals surface area contributed by atoms with Crippen LogP contribution in [0.4, 0.5) is 19.6 Å².